The molecule has 1 N–H and O–H groups in total. The number of ether oxygens (including phenoxy) is 1. The van der Waals surface area contributed by atoms with Gasteiger partial charge in [0.2, 0.25) is 6.23 Å². The number of rotatable bonds is 2. The van der Waals surface area contributed by atoms with E-state index in [-0.39, 0.29) is 12.0 Å². The maximum absolute atomic E-state index is 11.9. The number of hydrogen-bond acceptors (Lipinski definition) is 5. The standard InChI is InChI=1S/C10H16N4O3/c1-3-9(15)17-8-6-13(2)10(16)14(8)7-4-5-11-12-7/h8,11H,3-6H2,1-2H3. The summed E-state index contributed by atoms with van der Waals surface area (Å²) in [4.78, 5) is 26.2. The number of hydrogen-bond donors (Lipinski definition) is 1. The largest absolute Gasteiger partial charge is 0.439 e. The number of nitrogens with zero attached hydrogens (tertiary/aromatic N) is 3. The first-order chi connectivity index (χ1) is 8.13. The quantitative estimate of drug-likeness (QED) is 0.686. The Balaban J connectivity index is 2.13. The molecule has 0 aromatic heterocycles. The number of carbonyl (C=O) groups excluding carboxylic acids is 2. The molecular formula is C10H16N4O3. The van der Waals surface area contributed by atoms with Gasteiger partial charge in [0, 0.05) is 26.4 Å². The lowest BCUT2D eigenvalue weighted by Gasteiger charge is -2.21. The Kier molecular flexibility index (Phi) is 3.16. The van der Waals surface area contributed by atoms with Crippen molar-refractivity contribution in [3.05, 3.63) is 0 Å². The van der Waals surface area contributed by atoms with Crippen LogP contribution in [0.5, 0.6) is 0 Å². The SMILES string of the molecule is CCC(=O)OC1CN(C)C(=O)N1C1=NNCC1. The molecule has 1 unspecified atom stereocenters. The van der Waals surface area contributed by atoms with Gasteiger partial charge in [-0.2, -0.15) is 5.10 Å². The number of hydrazone groups is 1. The highest BCUT2D eigenvalue weighted by Gasteiger charge is 2.41. The van der Waals surface area contributed by atoms with E-state index >= 15 is 0 Å². The smallest absolute Gasteiger partial charge is 0.328 e. The molecule has 0 bridgehead atoms. The molecule has 0 spiro atoms. The van der Waals surface area contributed by atoms with E-state index in [1.165, 1.54) is 9.80 Å². The summed E-state index contributed by atoms with van der Waals surface area (Å²) in [6, 6.07) is -0.179. The van der Waals surface area contributed by atoms with Gasteiger partial charge in [-0.1, -0.05) is 6.92 Å². The minimum atomic E-state index is -0.557. The van der Waals surface area contributed by atoms with Crippen LogP contribution in [0.3, 0.4) is 0 Å². The van der Waals surface area contributed by atoms with E-state index < -0.39 is 6.23 Å². The van der Waals surface area contributed by atoms with E-state index in [1.807, 2.05) is 0 Å². The molecule has 94 valence electrons. The predicted octanol–water partition coefficient (Wildman–Crippen LogP) is -0.0601. The molecule has 7 nitrogen and oxygen atoms in total. The third kappa shape index (κ3) is 2.17. The maximum atomic E-state index is 11.9. The third-order valence-corrected chi connectivity index (χ3v) is 2.75. The minimum absolute atomic E-state index is 0.179. The van der Waals surface area contributed by atoms with Gasteiger partial charge in [0.1, 0.15) is 5.84 Å². The summed E-state index contributed by atoms with van der Waals surface area (Å²) in [5.74, 6) is 0.322. The Bertz CT molecular complexity index is 369. The van der Waals surface area contributed by atoms with Crippen molar-refractivity contribution in [3.63, 3.8) is 0 Å². The van der Waals surface area contributed by atoms with Gasteiger partial charge in [-0.15, -0.1) is 0 Å². The van der Waals surface area contributed by atoms with Gasteiger partial charge in [0.15, 0.2) is 0 Å². The molecule has 0 aromatic rings. The summed E-state index contributed by atoms with van der Waals surface area (Å²) in [6.07, 6.45) is 0.408. The summed E-state index contributed by atoms with van der Waals surface area (Å²) in [5.41, 5.74) is 2.81. The first kappa shape index (κ1) is 11.7. The number of carbonyl (C=O) groups is 2. The van der Waals surface area contributed by atoms with Crippen molar-refractivity contribution in [1.82, 2.24) is 15.2 Å². The minimum Gasteiger partial charge on any atom is -0.439 e. The van der Waals surface area contributed by atoms with Gasteiger partial charge in [-0.3, -0.25) is 4.79 Å². The van der Waals surface area contributed by atoms with Gasteiger partial charge in [0.25, 0.3) is 0 Å². The molecule has 0 saturated carbocycles. The lowest BCUT2D eigenvalue weighted by atomic mass is 10.3. The molecule has 1 fully saturated rings. The number of nitrogens with one attached hydrogen (secondary N) is 1. The zero-order chi connectivity index (χ0) is 12.4. The number of urea groups is 1. The van der Waals surface area contributed by atoms with Crippen molar-refractivity contribution in [2.75, 3.05) is 20.1 Å². The molecule has 2 amide bonds. The van der Waals surface area contributed by atoms with E-state index in [1.54, 1.807) is 14.0 Å². The van der Waals surface area contributed by atoms with Gasteiger partial charge >= 0.3 is 12.0 Å². The molecule has 0 aliphatic carbocycles. The van der Waals surface area contributed by atoms with E-state index in [4.69, 9.17) is 4.74 Å². The average Bonchev–Trinajstić information content (AvgIpc) is 2.89. The second-order valence-electron chi connectivity index (χ2n) is 4.02. The van der Waals surface area contributed by atoms with Crippen molar-refractivity contribution >= 4 is 17.8 Å². The van der Waals surface area contributed by atoms with Crippen LogP contribution in [0.15, 0.2) is 5.10 Å². The van der Waals surface area contributed by atoms with Crippen LogP contribution in [0.2, 0.25) is 0 Å². The molecule has 1 atom stereocenters. The molecule has 0 radical (unpaired) electrons. The van der Waals surface area contributed by atoms with Crippen molar-refractivity contribution in [3.8, 4) is 0 Å². The summed E-state index contributed by atoms with van der Waals surface area (Å²) >= 11 is 0. The molecular weight excluding hydrogens is 224 g/mol. The molecule has 7 heteroatoms. The summed E-state index contributed by atoms with van der Waals surface area (Å²) in [5, 5.41) is 4.04. The molecule has 0 aromatic carbocycles. The summed E-state index contributed by atoms with van der Waals surface area (Å²) in [6.45, 7) is 2.81. The maximum Gasteiger partial charge on any atom is 0.328 e. The van der Waals surface area contributed by atoms with Gasteiger partial charge in [0.05, 0.1) is 6.54 Å². The highest BCUT2D eigenvalue weighted by molar-refractivity contribution is 5.99. The lowest BCUT2D eigenvalue weighted by molar-refractivity contribution is -0.151. The summed E-state index contributed by atoms with van der Waals surface area (Å²) < 4.78 is 5.24. The second-order valence-corrected chi connectivity index (χ2v) is 4.02. The second kappa shape index (κ2) is 4.60. The van der Waals surface area contributed by atoms with Crippen LogP contribution in [-0.4, -0.2) is 54.0 Å². The van der Waals surface area contributed by atoms with E-state index in [9.17, 15) is 9.59 Å². The van der Waals surface area contributed by atoms with E-state index in [2.05, 4.69) is 10.5 Å². The molecule has 2 rings (SSSR count). The van der Waals surface area contributed by atoms with Crippen molar-refractivity contribution in [2.45, 2.75) is 26.0 Å². The Hall–Kier alpha value is -1.79. The predicted molar refractivity (Wildman–Crippen MR) is 60.1 cm³/mol. The zero-order valence-corrected chi connectivity index (χ0v) is 9.97. The monoisotopic (exact) mass is 240 g/mol. The fraction of sp³-hybridized carbons (Fsp3) is 0.700. The van der Waals surface area contributed by atoms with Crippen LogP contribution in [0.25, 0.3) is 0 Å². The number of likely N-dealkylation sites (N-methyl/N-ethyl adjacent to an activating group) is 1. The first-order valence-corrected chi connectivity index (χ1v) is 5.66. The van der Waals surface area contributed by atoms with Gasteiger partial charge < -0.3 is 15.1 Å². The zero-order valence-electron chi connectivity index (χ0n) is 9.97. The van der Waals surface area contributed by atoms with Gasteiger partial charge in [-0.25, -0.2) is 9.69 Å². The van der Waals surface area contributed by atoms with E-state index in [0.29, 0.717) is 31.8 Å². The highest BCUT2D eigenvalue weighted by Crippen LogP contribution is 2.19. The Morgan fingerprint density at radius 1 is 1.65 bits per heavy atom. The van der Waals surface area contributed by atoms with Crippen LogP contribution >= 0.6 is 0 Å². The van der Waals surface area contributed by atoms with Gasteiger partial charge in [-0.05, 0) is 0 Å². The van der Waals surface area contributed by atoms with Crippen LogP contribution in [-0.2, 0) is 9.53 Å². The van der Waals surface area contributed by atoms with E-state index in [0.717, 1.165) is 0 Å². The van der Waals surface area contributed by atoms with Crippen LogP contribution in [0.4, 0.5) is 4.79 Å². The number of amides is 2. The fourth-order valence-electron chi connectivity index (χ4n) is 1.85. The Morgan fingerprint density at radius 2 is 2.41 bits per heavy atom. The van der Waals surface area contributed by atoms with Crippen molar-refractivity contribution in [2.24, 2.45) is 5.10 Å². The van der Waals surface area contributed by atoms with Crippen molar-refractivity contribution in [1.29, 1.82) is 0 Å². The van der Waals surface area contributed by atoms with Crippen LogP contribution in [0, 0.1) is 0 Å². The normalized spacial score (nSPS) is 23.8. The lowest BCUT2D eigenvalue weighted by Crippen LogP contribution is -2.41. The molecule has 2 aliphatic heterocycles. The topological polar surface area (TPSA) is 74.2 Å². The number of amidine groups is 1. The highest BCUT2D eigenvalue weighted by atomic mass is 16.6. The Labute approximate surface area is 99.4 Å². The average molecular weight is 240 g/mol. The summed E-state index contributed by atoms with van der Waals surface area (Å²) in [7, 11) is 1.68. The first-order valence-electron chi connectivity index (χ1n) is 5.66. The molecule has 17 heavy (non-hydrogen) atoms. The van der Waals surface area contributed by atoms with Crippen molar-refractivity contribution < 1.29 is 14.3 Å². The molecule has 2 heterocycles. The third-order valence-electron chi connectivity index (χ3n) is 2.75. The Morgan fingerprint density at radius 3 is 3.00 bits per heavy atom. The van der Waals surface area contributed by atoms with Crippen LogP contribution < -0.4 is 5.43 Å². The van der Waals surface area contributed by atoms with Crippen LogP contribution in [0.1, 0.15) is 19.8 Å². The molecule has 2 aliphatic rings. The molecule has 1 saturated heterocycles. The fourth-order valence-corrected chi connectivity index (χ4v) is 1.85. The number of esters is 1.